The van der Waals surface area contributed by atoms with E-state index in [4.69, 9.17) is 31.4 Å². The first-order chi connectivity index (χ1) is 23.7. The molecule has 0 bridgehead atoms. The van der Waals surface area contributed by atoms with Crippen molar-refractivity contribution in [3.8, 4) is 34.1 Å². The average Bonchev–Trinajstić information content (AvgIpc) is 3.86. The van der Waals surface area contributed by atoms with Crippen LogP contribution in [0.1, 0.15) is 40.4 Å². The number of imidazole rings is 1. The van der Waals surface area contributed by atoms with Gasteiger partial charge >= 0.3 is 5.57 Å². The van der Waals surface area contributed by atoms with Gasteiger partial charge in [-0.25, -0.2) is 14.6 Å². The Morgan fingerprint density at radius 2 is 1.96 bits per heavy atom. The third kappa shape index (κ3) is 5.28. The van der Waals surface area contributed by atoms with Gasteiger partial charge in [0.2, 0.25) is 0 Å². The number of hydrogen-bond acceptors (Lipinski definition) is 9. The number of halogens is 3. The maximum atomic E-state index is 13.6. The Kier molecular flexibility index (Phi) is 6.76. The Balaban J connectivity index is 1.11. The van der Waals surface area contributed by atoms with Crippen molar-refractivity contribution >= 4 is 55.8 Å². The molecule has 1 amide bonds. The van der Waals surface area contributed by atoms with E-state index in [1.54, 1.807) is 28.3 Å². The van der Waals surface area contributed by atoms with Gasteiger partial charge in [0, 0.05) is 75.5 Å². The molecule has 5 aromatic heterocycles. The highest BCUT2D eigenvalue weighted by Gasteiger charge is 2.29. The number of fused-ring (bicyclic) bond motifs is 7. The first kappa shape index (κ1) is 29.8. The van der Waals surface area contributed by atoms with Crippen molar-refractivity contribution in [1.29, 1.82) is 0 Å². The van der Waals surface area contributed by atoms with E-state index in [0.717, 1.165) is 55.2 Å². The van der Waals surface area contributed by atoms with E-state index in [-0.39, 0.29) is 11.8 Å². The van der Waals surface area contributed by atoms with Crippen molar-refractivity contribution in [3.05, 3.63) is 95.1 Å². The summed E-state index contributed by atoms with van der Waals surface area (Å²) >= 11 is 6.43. The lowest BCUT2D eigenvalue weighted by atomic mass is 9.99. The number of amides is 1. The number of ether oxygens (including phenoxy) is 2. The third-order valence-electron chi connectivity index (χ3n) is 8.58. The zero-order valence-corrected chi connectivity index (χ0v) is 27.1. The van der Waals surface area contributed by atoms with Crippen LogP contribution in [0.3, 0.4) is 0 Å². The highest BCUT2D eigenvalue weighted by Crippen LogP contribution is 2.40. The van der Waals surface area contributed by atoms with Gasteiger partial charge in [0.05, 0.1) is 35.1 Å². The minimum Gasteiger partial charge on any atom is -0.420 e. The number of thiophene rings is 1. The summed E-state index contributed by atoms with van der Waals surface area (Å²) < 4.78 is 40.1. The van der Waals surface area contributed by atoms with Crippen LogP contribution in [0.4, 0.5) is 14.5 Å². The van der Waals surface area contributed by atoms with Gasteiger partial charge in [-0.3, -0.25) is 9.78 Å². The van der Waals surface area contributed by atoms with Crippen molar-refractivity contribution < 1.29 is 23.0 Å². The van der Waals surface area contributed by atoms with E-state index in [0.29, 0.717) is 42.4 Å². The molecule has 9 rings (SSSR count). The fraction of sp³-hybridized carbons (Fsp3) is 0.176. The zero-order valence-electron chi connectivity index (χ0n) is 25.5. The Bertz CT molecular complexity index is 2450. The van der Waals surface area contributed by atoms with Crippen molar-refractivity contribution in [2.45, 2.75) is 31.6 Å². The molecule has 2 aliphatic rings. The monoisotopic (exact) mass is 696 g/mol. The number of benzene rings is 2. The number of carbonyl (C=O) groups is 1. The van der Waals surface area contributed by atoms with Crippen LogP contribution in [0.15, 0.2) is 72.5 Å². The van der Waals surface area contributed by atoms with Crippen LogP contribution in [-0.4, -0.2) is 52.4 Å². The molecule has 7 aromatic rings. The molecular formula is C34H23ClF2N8O3S. The van der Waals surface area contributed by atoms with Crippen LogP contribution in [-0.2, 0) is 17.8 Å². The standard InChI is InChI=1S/C34H23ClF2N8O3S/c1-17-15-47-16-28-41-27-10-19(31(46)40-22-2-4-23(5-3-22)48-34(35,36)37)8-24(30(27)45(17)28)20-9-25-26(38-13-20)11-21-14-44(43-29(21)25)33-39-12-18-6-7-49-32(18)42-33/h2-10,12-14,17H,11,15-16H2,1H3,(H,40,46)/t17-/m1/s1. The minimum absolute atomic E-state index is 0.0126. The third-order valence-corrected chi connectivity index (χ3v) is 9.48. The van der Waals surface area contributed by atoms with Crippen LogP contribution in [0.2, 0.25) is 0 Å². The summed E-state index contributed by atoms with van der Waals surface area (Å²) in [5.41, 5.74) is 3.59. The lowest BCUT2D eigenvalue weighted by molar-refractivity contribution is -0.0964. The Morgan fingerprint density at radius 3 is 2.80 bits per heavy atom. The molecule has 6 heterocycles. The molecular weight excluding hydrogens is 674 g/mol. The van der Waals surface area contributed by atoms with Crippen molar-refractivity contribution in [1.82, 2.24) is 34.3 Å². The van der Waals surface area contributed by atoms with Crippen LogP contribution in [0, 0.1) is 0 Å². The van der Waals surface area contributed by atoms with E-state index in [2.05, 4.69) is 37.6 Å². The number of nitrogens with zero attached hydrogens (tertiary/aromatic N) is 7. The molecule has 0 radical (unpaired) electrons. The predicted octanol–water partition coefficient (Wildman–Crippen LogP) is 7.37. The molecule has 1 N–H and O–H groups in total. The molecule has 1 atom stereocenters. The minimum atomic E-state index is -3.84. The van der Waals surface area contributed by atoms with Crippen LogP contribution in [0.25, 0.3) is 49.6 Å². The number of anilines is 1. The fourth-order valence-electron chi connectivity index (χ4n) is 6.44. The van der Waals surface area contributed by atoms with Gasteiger partial charge in [-0.15, -0.1) is 20.1 Å². The van der Waals surface area contributed by atoms with E-state index in [1.165, 1.54) is 24.3 Å². The average molecular weight is 697 g/mol. The topological polar surface area (TPSA) is 122 Å². The van der Waals surface area contributed by atoms with Gasteiger partial charge < -0.3 is 19.4 Å². The molecule has 11 nitrogen and oxygen atoms in total. The van der Waals surface area contributed by atoms with E-state index >= 15 is 0 Å². The van der Waals surface area contributed by atoms with E-state index in [9.17, 15) is 13.6 Å². The second-order valence-corrected chi connectivity index (χ2v) is 13.2. The molecule has 0 saturated carbocycles. The quantitative estimate of drug-likeness (QED) is 0.179. The molecule has 0 spiro atoms. The maximum Gasteiger partial charge on any atom is 0.487 e. The summed E-state index contributed by atoms with van der Waals surface area (Å²) in [5, 5.41) is 10.7. The number of aromatic nitrogens is 7. The lowest BCUT2D eigenvalue weighted by Crippen LogP contribution is -2.21. The lowest BCUT2D eigenvalue weighted by Gasteiger charge is -2.23. The molecule has 1 aliphatic heterocycles. The van der Waals surface area contributed by atoms with Crippen molar-refractivity contribution in [2.75, 3.05) is 11.9 Å². The predicted molar refractivity (Wildman–Crippen MR) is 179 cm³/mol. The summed E-state index contributed by atoms with van der Waals surface area (Å²) in [7, 11) is 0. The maximum absolute atomic E-state index is 13.6. The van der Waals surface area contributed by atoms with Gasteiger partial charge in [-0.1, -0.05) is 0 Å². The van der Waals surface area contributed by atoms with Crippen molar-refractivity contribution in [3.63, 3.8) is 0 Å². The molecule has 15 heteroatoms. The van der Waals surface area contributed by atoms with Gasteiger partial charge in [0.1, 0.15) is 23.0 Å². The normalized spacial score (nSPS) is 15.3. The summed E-state index contributed by atoms with van der Waals surface area (Å²) in [6.45, 7) is 2.94. The zero-order chi connectivity index (χ0) is 33.4. The number of alkyl halides is 3. The number of hydrogen-bond donors (Lipinski definition) is 1. The molecule has 0 fully saturated rings. The van der Waals surface area contributed by atoms with Gasteiger partial charge in [0.15, 0.2) is 0 Å². The van der Waals surface area contributed by atoms with Crippen LogP contribution >= 0.6 is 22.9 Å². The smallest absolute Gasteiger partial charge is 0.420 e. The first-order valence-corrected chi connectivity index (χ1v) is 16.5. The molecule has 244 valence electrons. The molecule has 49 heavy (non-hydrogen) atoms. The largest absolute Gasteiger partial charge is 0.487 e. The SMILES string of the molecule is C[C@@H]1COCc2nc3cc(C(=O)Nc4ccc(OC(F)(F)Cl)cc4)cc(-c4cnc5c(c4)-c4nn(-c6ncc7ccsc7n6)cc4C5)c3n21. The van der Waals surface area contributed by atoms with Crippen LogP contribution < -0.4 is 10.1 Å². The molecule has 0 unspecified atom stereocenters. The molecule has 1 aliphatic carbocycles. The molecule has 2 aromatic carbocycles. The summed E-state index contributed by atoms with van der Waals surface area (Å²) in [4.78, 5) is 33.4. The van der Waals surface area contributed by atoms with Crippen molar-refractivity contribution in [2.24, 2.45) is 0 Å². The molecule has 0 saturated heterocycles. The highest BCUT2D eigenvalue weighted by atomic mass is 35.5. The Labute approximate surface area is 285 Å². The number of nitrogens with one attached hydrogen (secondary N) is 1. The number of rotatable bonds is 6. The second kappa shape index (κ2) is 11.1. The summed E-state index contributed by atoms with van der Waals surface area (Å²) in [5.74, 6) is 0.705. The second-order valence-electron chi connectivity index (χ2n) is 11.9. The Hall–Kier alpha value is -5.31. The van der Waals surface area contributed by atoms with E-state index in [1.807, 2.05) is 29.9 Å². The first-order valence-electron chi connectivity index (χ1n) is 15.3. The van der Waals surface area contributed by atoms with E-state index < -0.39 is 11.5 Å². The fourth-order valence-corrected chi connectivity index (χ4v) is 7.26. The summed E-state index contributed by atoms with van der Waals surface area (Å²) in [6.07, 6.45) is 6.18. The van der Waals surface area contributed by atoms with Gasteiger partial charge in [-0.05, 0) is 60.8 Å². The highest BCUT2D eigenvalue weighted by molar-refractivity contribution is 7.16. The Morgan fingerprint density at radius 1 is 1.10 bits per heavy atom. The van der Waals surface area contributed by atoms with Gasteiger partial charge in [-0.2, -0.15) is 10.1 Å². The van der Waals surface area contributed by atoms with Gasteiger partial charge in [0.25, 0.3) is 11.9 Å². The number of carbonyl (C=O) groups excluding carboxylic acids is 1. The summed E-state index contributed by atoms with van der Waals surface area (Å²) in [6, 6.07) is 13.1. The number of pyridine rings is 1. The van der Waals surface area contributed by atoms with Crippen LogP contribution in [0.5, 0.6) is 5.75 Å².